The molecule has 1 aromatic heterocycles. The lowest BCUT2D eigenvalue weighted by atomic mass is 10.1. The molecule has 2 aromatic rings. The number of carbonyl (C=O) groups is 1. The number of benzene rings is 1. The number of rotatable bonds is 4. The first-order chi connectivity index (χ1) is 9.54. The molecule has 0 aliphatic carbocycles. The van der Waals surface area contributed by atoms with Crippen LogP contribution in [0.5, 0.6) is 0 Å². The highest BCUT2D eigenvalue weighted by atomic mass is 16.6. The van der Waals surface area contributed by atoms with Crippen LogP contribution < -0.4 is 0 Å². The lowest BCUT2D eigenvalue weighted by molar-refractivity contribution is -0.384. The van der Waals surface area contributed by atoms with Gasteiger partial charge in [-0.1, -0.05) is 5.16 Å². The highest BCUT2D eigenvalue weighted by Gasteiger charge is 2.23. The fraction of sp³-hybridized carbons (Fsp3) is 0.231. The first kappa shape index (κ1) is 13.7. The summed E-state index contributed by atoms with van der Waals surface area (Å²) in [5, 5.41) is 14.4. The summed E-state index contributed by atoms with van der Waals surface area (Å²) in [4.78, 5) is 22.0. The van der Waals surface area contributed by atoms with Crippen LogP contribution in [0.15, 0.2) is 28.8 Å². The van der Waals surface area contributed by atoms with Gasteiger partial charge in [-0.15, -0.1) is 0 Å². The molecular weight excluding hydrogens is 264 g/mol. The largest absolute Gasteiger partial charge is 0.462 e. The summed E-state index contributed by atoms with van der Waals surface area (Å²) in [6.07, 6.45) is 0. The van der Waals surface area contributed by atoms with Crippen LogP contribution in [0.2, 0.25) is 0 Å². The smallest absolute Gasteiger partial charge is 0.344 e. The van der Waals surface area contributed by atoms with Crippen LogP contribution in [0.1, 0.15) is 23.0 Å². The fourth-order valence-electron chi connectivity index (χ4n) is 1.74. The van der Waals surface area contributed by atoms with Gasteiger partial charge in [0.2, 0.25) is 0 Å². The third-order valence-electron chi connectivity index (χ3n) is 2.68. The van der Waals surface area contributed by atoms with E-state index in [1.165, 1.54) is 24.3 Å². The Labute approximate surface area is 114 Å². The third-order valence-corrected chi connectivity index (χ3v) is 2.68. The van der Waals surface area contributed by atoms with Crippen LogP contribution in [0.4, 0.5) is 5.69 Å². The Morgan fingerprint density at radius 1 is 1.40 bits per heavy atom. The zero-order valence-corrected chi connectivity index (χ0v) is 11.0. The molecule has 0 aliphatic heterocycles. The van der Waals surface area contributed by atoms with E-state index >= 15 is 0 Å². The highest BCUT2D eigenvalue weighted by Crippen LogP contribution is 2.28. The van der Waals surface area contributed by atoms with Crippen LogP contribution in [-0.2, 0) is 4.74 Å². The van der Waals surface area contributed by atoms with Crippen molar-refractivity contribution in [3.63, 3.8) is 0 Å². The average Bonchev–Trinajstić information content (AvgIpc) is 2.81. The second-order valence-corrected chi connectivity index (χ2v) is 4.00. The Morgan fingerprint density at radius 3 is 2.60 bits per heavy atom. The van der Waals surface area contributed by atoms with Gasteiger partial charge in [-0.25, -0.2) is 4.79 Å². The van der Waals surface area contributed by atoms with Crippen LogP contribution >= 0.6 is 0 Å². The molecule has 2 rings (SSSR count). The number of nitro benzene ring substituents is 1. The minimum atomic E-state index is -0.528. The van der Waals surface area contributed by atoms with Gasteiger partial charge in [-0.05, 0) is 26.0 Å². The molecule has 0 saturated heterocycles. The van der Waals surface area contributed by atoms with Crippen LogP contribution in [0.3, 0.4) is 0 Å². The maximum atomic E-state index is 11.9. The van der Waals surface area contributed by atoms with E-state index in [9.17, 15) is 14.9 Å². The van der Waals surface area contributed by atoms with E-state index in [4.69, 9.17) is 9.26 Å². The zero-order valence-electron chi connectivity index (χ0n) is 11.0. The van der Waals surface area contributed by atoms with Gasteiger partial charge in [0.25, 0.3) is 5.69 Å². The van der Waals surface area contributed by atoms with E-state index in [0.29, 0.717) is 11.3 Å². The molecule has 20 heavy (non-hydrogen) atoms. The maximum absolute atomic E-state index is 11.9. The number of carbonyl (C=O) groups excluding carboxylic acids is 1. The number of nitro groups is 1. The summed E-state index contributed by atoms with van der Waals surface area (Å²) in [5.74, 6) is -0.282. The molecule has 7 heteroatoms. The second kappa shape index (κ2) is 5.52. The first-order valence-corrected chi connectivity index (χ1v) is 5.92. The van der Waals surface area contributed by atoms with Crippen molar-refractivity contribution >= 4 is 11.7 Å². The van der Waals surface area contributed by atoms with Gasteiger partial charge < -0.3 is 9.26 Å². The lowest BCUT2D eigenvalue weighted by Crippen LogP contribution is -2.06. The van der Waals surface area contributed by atoms with Crippen molar-refractivity contribution in [2.75, 3.05) is 6.61 Å². The predicted molar refractivity (Wildman–Crippen MR) is 69.3 cm³/mol. The van der Waals surface area contributed by atoms with Crippen LogP contribution in [0, 0.1) is 17.0 Å². The molecular formula is C13H12N2O5. The van der Waals surface area contributed by atoms with Gasteiger partial charge in [0.05, 0.1) is 17.2 Å². The quantitative estimate of drug-likeness (QED) is 0.484. The van der Waals surface area contributed by atoms with E-state index < -0.39 is 10.9 Å². The summed E-state index contributed by atoms with van der Waals surface area (Å²) >= 11 is 0. The molecule has 104 valence electrons. The molecule has 0 fully saturated rings. The van der Waals surface area contributed by atoms with E-state index in [1.807, 2.05) is 0 Å². The minimum absolute atomic E-state index is 0.0392. The predicted octanol–water partition coefficient (Wildman–Crippen LogP) is 2.73. The van der Waals surface area contributed by atoms with E-state index in [1.54, 1.807) is 13.8 Å². The van der Waals surface area contributed by atoms with Gasteiger partial charge in [0.1, 0.15) is 5.56 Å². The summed E-state index contributed by atoms with van der Waals surface area (Å²) in [6, 6.07) is 5.67. The molecule has 1 heterocycles. The molecule has 0 saturated carbocycles. The zero-order chi connectivity index (χ0) is 14.7. The van der Waals surface area contributed by atoms with Gasteiger partial charge in [-0.3, -0.25) is 10.1 Å². The van der Waals surface area contributed by atoms with Crippen molar-refractivity contribution in [3.05, 3.63) is 45.6 Å². The van der Waals surface area contributed by atoms with Crippen molar-refractivity contribution < 1.29 is 19.0 Å². The number of ether oxygens (including phenoxy) is 1. The third kappa shape index (κ3) is 2.51. The van der Waals surface area contributed by atoms with E-state index in [-0.39, 0.29) is 23.6 Å². The monoisotopic (exact) mass is 276 g/mol. The first-order valence-electron chi connectivity index (χ1n) is 5.92. The topological polar surface area (TPSA) is 95.5 Å². The Morgan fingerprint density at radius 2 is 2.05 bits per heavy atom. The number of hydrogen-bond acceptors (Lipinski definition) is 6. The Kier molecular flexibility index (Phi) is 3.79. The molecule has 0 aliphatic rings. The molecule has 0 atom stereocenters. The molecule has 0 radical (unpaired) electrons. The summed E-state index contributed by atoms with van der Waals surface area (Å²) in [6.45, 7) is 3.57. The Hall–Kier alpha value is -2.70. The van der Waals surface area contributed by atoms with E-state index in [0.717, 1.165) is 0 Å². The maximum Gasteiger partial charge on any atom is 0.344 e. The average molecular weight is 276 g/mol. The Balaban J connectivity index is 2.42. The minimum Gasteiger partial charge on any atom is -0.462 e. The number of aromatic nitrogens is 1. The molecule has 0 amide bonds. The van der Waals surface area contributed by atoms with Crippen molar-refractivity contribution in [1.82, 2.24) is 5.16 Å². The number of esters is 1. The van der Waals surface area contributed by atoms with E-state index in [2.05, 4.69) is 5.16 Å². The standard InChI is InChI=1S/C13H12N2O5/c1-3-19-13(16)11-8(2)14-20-12(11)9-4-6-10(7-5-9)15(17)18/h4-7H,3H2,1-2H3. The van der Waals surface area contributed by atoms with Crippen LogP contribution in [0.25, 0.3) is 11.3 Å². The lowest BCUT2D eigenvalue weighted by Gasteiger charge is -2.02. The number of hydrogen-bond donors (Lipinski definition) is 0. The van der Waals surface area contributed by atoms with Gasteiger partial charge in [-0.2, -0.15) is 0 Å². The van der Waals surface area contributed by atoms with Crippen molar-refractivity contribution in [3.8, 4) is 11.3 Å². The fourth-order valence-corrected chi connectivity index (χ4v) is 1.74. The summed E-state index contributed by atoms with van der Waals surface area (Å²) < 4.78 is 10.1. The number of aryl methyl sites for hydroxylation is 1. The van der Waals surface area contributed by atoms with Gasteiger partial charge >= 0.3 is 5.97 Å². The molecule has 0 unspecified atom stereocenters. The van der Waals surface area contributed by atoms with Crippen molar-refractivity contribution in [2.24, 2.45) is 0 Å². The Bertz CT molecular complexity index is 645. The summed E-state index contributed by atoms with van der Waals surface area (Å²) in [7, 11) is 0. The van der Waals surface area contributed by atoms with Gasteiger partial charge in [0, 0.05) is 17.7 Å². The molecule has 1 aromatic carbocycles. The SMILES string of the molecule is CCOC(=O)c1c(C)noc1-c1ccc([N+](=O)[O-])cc1. The highest BCUT2D eigenvalue weighted by molar-refractivity contribution is 5.96. The second-order valence-electron chi connectivity index (χ2n) is 4.00. The number of non-ortho nitro benzene ring substituents is 1. The molecule has 7 nitrogen and oxygen atoms in total. The number of nitrogens with zero attached hydrogens (tertiary/aromatic N) is 2. The normalized spacial score (nSPS) is 10.3. The molecule has 0 N–H and O–H groups in total. The van der Waals surface area contributed by atoms with Gasteiger partial charge in [0.15, 0.2) is 5.76 Å². The van der Waals surface area contributed by atoms with Crippen molar-refractivity contribution in [1.29, 1.82) is 0 Å². The van der Waals surface area contributed by atoms with Crippen LogP contribution in [-0.4, -0.2) is 22.7 Å². The molecule has 0 spiro atoms. The summed E-state index contributed by atoms with van der Waals surface area (Å²) in [5.41, 5.74) is 1.14. The van der Waals surface area contributed by atoms with Crippen molar-refractivity contribution in [2.45, 2.75) is 13.8 Å². The molecule has 0 bridgehead atoms.